The van der Waals surface area contributed by atoms with Crippen LogP contribution in [0.25, 0.3) is 0 Å². The van der Waals surface area contributed by atoms with E-state index < -0.39 is 0 Å². The largest absolute Gasteiger partial charge is 0.409 e. The van der Waals surface area contributed by atoms with Crippen LogP contribution in [0.1, 0.15) is 12.6 Å². The van der Waals surface area contributed by atoms with E-state index in [1.54, 1.807) is 4.68 Å². The van der Waals surface area contributed by atoms with Crippen molar-refractivity contribution in [1.82, 2.24) is 9.78 Å². The van der Waals surface area contributed by atoms with E-state index in [9.17, 15) is 0 Å². The number of aromatic nitrogens is 2. The van der Waals surface area contributed by atoms with Gasteiger partial charge in [0.1, 0.15) is 0 Å². The fourth-order valence-corrected chi connectivity index (χ4v) is 1.98. The molecule has 1 aromatic heterocycles. The number of rotatable bonds is 3. The van der Waals surface area contributed by atoms with Gasteiger partial charge in [-0.25, -0.2) is 0 Å². The highest BCUT2D eigenvalue weighted by molar-refractivity contribution is 8.00. The first-order valence-electron chi connectivity index (χ1n) is 4.19. The second-order valence-corrected chi connectivity index (χ2v) is 4.39. The number of hydrogen-bond donors (Lipinski definition) is 2. The molecule has 1 atom stereocenters. The summed E-state index contributed by atoms with van der Waals surface area (Å²) in [6, 6.07) is 1.96. The van der Waals surface area contributed by atoms with Crippen molar-refractivity contribution in [3.8, 4) is 0 Å². The fraction of sp³-hybridized carbons (Fsp3) is 0.500. The molecule has 0 aromatic carbocycles. The minimum Gasteiger partial charge on any atom is -0.409 e. The molecule has 0 aliphatic rings. The van der Waals surface area contributed by atoms with Crippen LogP contribution in [0.3, 0.4) is 0 Å². The molecular formula is C8H14N4OS. The monoisotopic (exact) mass is 214 g/mol. The van der Waals surface area contributed by atoms with Crippen molar-refractivity contribution in [3.63, 3.8) is 0 Å². The molecule has 1 aromatic rings. The van der Waals surface area contributed by atoms with Gasteiger partial charge in [-0.15, -0.1) is 0 Å². The molecule has 78 valence electrons. The lowest BCUT2D eigenvalue weighted by atomic mass is 10.4. The maximum absolute atomic E-state index is 8.48. The van der Waals surface area contributed by atoms with Gasteiger partial charge in [0.2, 0.25) is 0 Å². The van der Waals surface area contributed by atoms with Gasteiger partial charge in [0.05, 0.1) is 16.0 Å². The number of aryl methyl sites for hydroxylation is 2. The van der Waals surface area contributed by atoms with E-state index in [-0.39, 0.29) is 11.1 Å². The normalized spacial score (nSPS) is 14.4. The molecule has 0 aliphatic carbocycles. The van der Waals surface area contributed by atoms with Gasteiger partial charge >= 0.3 is 0 Å². The Labute approximate surface area is 87.0 Å². The smallest absolute Gasteiger partial charge is 0.152 e. The van der Waals surface area contributed by atoms with Crippen LogP contribution < -0.4 is 5.73 Å². The van der Waals surface area contributed by atoms with Crippen molar-refractivity contribution in [2.45, 2.75) is 24.1 Å². The van der Waals surface area contributed by atoms with Crippen molar-refractivity contribution in [3.05, 3.63) is 11.8 Å². The predicted octanol–water partition coefficient (Wildman–Crippen LogP) is 0.956. The predicted molar refractivity (Wildman–Crippen MR) is 56.7 cm³/mol. The summed E-state index contributed by atoms with van der Waals surface area (Å²) in [5.74, 6) is 0.217. The highest BCUT2D eigenvalue weighted by atomic mass is 32.2. The average molecular weight is 214 g/mol. The van der Waals surface area contributed by atoms with Crippen LogP contribution in [-0.2, 0) is 7.05 Å². The molecule has 0 aliphatic heterocycles. The summed E-state index contributed by atoms with van der Waals surface area (Å²) in [5.41, 5.74) is 6.43. The number of hydrogen-bond acceptors (Lipinski definition) is 4. The number of thioether (sulfide) groups is 1. The Kier molecular flexibility index (Phi) is 3.40. The zero-order valence-corrected chi connectivity index (χ0v) is 9.25. The number of amidine groups is 1. The van der Waals surface area contributed by atoms with E-state index in [1.807, 2.05) is 27.0 Å². The molecule has 3 N–H and O–H groups in total. The molecule has 0 radical (unpaired) electrons. The summed E-state index contributed by atoms with van der Waals surface area (Å²) in [4.78, 5) is 0. The first-order valence-corrected chi connectivity index (χ1v) is 5.07. The molecule has 1 heterocycles. The average Bonchev–Trinajstić information content (AvgIpc) is 2.44. The molecule has 0 saturated heterocycles. The summed E-state index contributed by atoms with van der Waals surface area (Å²) in [6.07, 6.45) is 0. The van der Waals surface area contributed by atoms with Crippen molar-refractivity contribution >= 4 is 17.6 Å². The van der Waals surface area contributed by atoms with E-state index in [4.69, 9.17) is 10.9 Å². The molecule has 14 heavy (non-hydrogen) atoms. The minimum atomic E-state index is -0.0604. The third-order valence-corrected chi connectivity index (χ3v) is 3.01. The second-order valence-electron chi connectivity index (χ2n) is 3.03. The second kappa shape index (κ2) is 4.36. The lowest BCUT2D eigenvalue weighted by molar-refractivity contribution is 0.317. The molecule has 1 unspecified atom stereocenters. The topological polar surface area (TPSA) is 76.4 Å². The van der Waals surface area contributed by atoms with Crippen LogP contribution in [0.2, 0.25) is 0 Å². The van der Waals surface area contributed by atoms with Gasteiger partial charge in [-0.3, -0.25) is 4.68 Å². The number of nitrogens with two attached hydrogens (primary N) is 1. The van der Waals surface area contributed by atoms with Gasteiger partial charge in [0.25, 0.3) is 0 Å². The van der Waals surface area contributed by atoms with E-state index in [0.29, 0.717) is 0 Å². The molecular weight excluding hydrogens is 200 g/mol. The van der Waals surface area contributed by atoms with E-state index in [1.165, 1.54) is 11.8 Å². The SMILES string of the molecule is Cc1cc(SC(C)C(N)=NO)n(C)n1. The van der Waals surface area contributed by atoms with Crippen molar-refractivity contribution < 1.29 is 5.21 Å². The van der Waals surface area contributed by atoms with Crippen LogP contribution in [-0.4, -0.2) is 26.1 Å². The summed E-state index contributed by atoms with van der Waals surface area (Å²) in [7, 11) is 1.87. The maximum atomic E-state index is 8.48. The third kappa shape index (κ3) is 2.41. The van der Waals surface area contributed by atoms with Gasteiger partial charge in [-0.1, -0.05) is 16.9 Å². The Morgan fingerprint density at radius 3 is 2.86 bits per heavy atom. The van der Waals surface area contributed by atoms with Crippen molar-refractivity contribution in [2.24, 2.45) is 17.9 Å². The Hall–Kier alpha value is -1.17. The molecule has 0 spiro atoms. The van der Waals surface area contributed by atoms with Crippen LogP contribution in [0.5, 0.6) is 0 Å². The molecule has 5 nitrogen and oxygen atoms in total. The molecule has 0 saturated carbocycles. The zero-order chi connectivity index (χ0) is 10.7. The van der Waals surface area contributed by atoms with Crippen LogP contribution in [0.4, 0.5) is 0 Å². The minimum absolute atomic E-state index is 0.0604. The number of oxime groups is 1. The van der Waals surface area contributed by atoms with Crippen LogP contribution >= 0.6 is 11.8 Å². The summed E-state index contributed by atoms with van der Waals surface area (Å²) in [5, 5.41) is 16.6. The Morgan fingerprint density at radius 1 is 1.79 bits per heavy atom. The standard InChI is InChI=1S/C8H14N4OS/c1-5-4-7(12(3)10-5)14-6(2)8(9)11-13/h4,6,13H,1-3H3,(H2,9,11). The molecule has 6 heteroatoms. The van der Waals surface area contributed by atoms with Crippen molar-refractivity contribution in [2.75, 3.05) is 0 Å². The first kappa shape index (κ1) is 10.9. The highest BCUT2D eigenvalue weighted by Gasteiger charge is 2.12. The Balaban J connectivity index is 2.74. The van der Waals surface area contributed by atoms with Crippen LogP contribution in [0.15, 0.2) is 16.2 Å². The molecule has 0 amide bonds. The van der Waals surface area contributed by atoms with Gasteiger partial charge in [0.15, 0.2) is 5.84 Å². The van der Waals surface area contributed by atoms with E-state index >= 15 is 0 Å². The van der Waals surface area contributed by atoms with Crippen molar-refractivity contribution in [1.29, 1.82) is 0 Å². The van der Waals surface area contributed by atoms with E-state index in [2.05, 4.69) is 10.3 Å². The Bertz CT molecular complexity index is 347. The lowest BCUT2D eigenvalue weighted by Crippen LogP contribution is -2.23. The van der Waals surface area contributed by atoms with Gasteiger partial charge < -0.3 is 10.9 Å². The fourth-order valence-electron chi connectivity index (χ4n) is 1.02. The third-order valence-electron chi connectivity index (χ3n) is 1.79. The van der Waals surface area contributed by atoms with E-state index in [0.717, 1.165) is 10.7 Å². The summed E-state index contributed by atoms with van der Waals surface area (Å²) < 4.78 is 1.78. The molecule has 0 fully saturated rings. The lowest BCUT2D eigenvalue weighted by Gasteiger charge is -2.08. The van der Waals surface area contributed by atoms with Gasteiger partial charge in [-0.2, -0.15) is 5.10 Å². The summed E-state index contributed by atoms with van der Waals surface area (Å²) >= 11 is 1.51. The first-order chi connectivity index (χ1) is 6.54. The molecule has 1 rings (SSSR count). The van der Waals surface area contributed by atoms with Gasteiger partial charge in [0, 0.05) is 7.05 Å². The molecule has 0 bridgehead atoms. The maximum Gasteiger partial charge on any atom is 0.152 e. The number of nitrogens with zero attached hydrogens (tertiary/aromatic N) is 3. The quantitative estimate of drug-likeness (QED) is 0.258. The highest BCUT2D eigenvalue weighted by Crippen LogP contribution is 2.23. The van der Waals surface area contributed by atoms with Crippen LogP contribution in [0, 0.1) is 6.92 Å². The Morgan fingerprint density at radius 2 is 2.43 bits per heavy atom. The van der Waals surface area contributed by atoms with Gasteiger partial charge in [-0.05, 0) is 19.9 Å². The zero-order valence-electron chi connectivity index (χ0n) is 8.43. The summed E-state index contributed by atoms with van der Waals surface area (Å²) in [6.45, 7) is 3.81.